The molecule has 0 atom stereocenters. The van der Waals surface area contributed by atoms with Crippen LogP contribution in [0, 0.1) is 0 Å². The Kier molecular flexibility index (Phi) is 34.8. The number of hydrogen-bond donors (Lipinski definition) is 0. The van der Waals surface area contributed by atoms with Gasteiger partial charge in [-0.05, 0) is 153 Å². The van der Waals surface area contributed by atoms with Gasteiger partial charge < -0.3 is 30.6 Å². The minimum absolute atomic E-state index is 0. The molecule has 0 fully saturated rings. The van der Waals surface area contributed by atoms with Crippen molar-refractivity contribution in [1.82, 2.24) is 0 Å². The van der Waals surface area contributed by atoms with E-state index in [1.807, 2.05) is 182 Å². The Morgan fingerprint density at radius 2 is 0.235 bits per heavy atom. The molecule has 0 aliphatic carbocycles. The first-order valence-corrected chi connectivity index (χ1v) is 43.1. The van der Waals surface area contributed by atoms with E-state index in [1.165, 1.54) is 0 Å². The van der Waals surface area contributed by atoms with Crippen molar-refractivity contribution in [3.05, 3.63) is 537 Å². The molecule has 0 bridgehead atoms. The Morgan fingerprint density at radius 3 is 0.356 bits per heavy atom. The van der Waals surface area contributed by atoms with E-state index in [9.17, 15) is 30.6 Å². The van der Waals surface area contributed by atoms with E-state index in [1.54, 1.807) is 36.4 Å². The normalized spacial score (nSPS) is 11.1. The summed E-state index contributed by atoms with van der Waals surface area (Å²) in [5, 5.41) is 77.0. The fraction of sp³-hybridized carbons (Fsp3) is 0.0244. The molecule has 0 saturated heterocycles. The molecule has 18 aromatic rings. The fourth-order valence-corrected chi connectivity index (χ4v) is 15.3. The van der Waals surface area contributed by atoms with Gasteiger partial charge in [0.15, 0.2) is 0 Å². The van der Waals surface area contributed by atoms with E-state index >= 15 is 0 Å². The third-order valence-corrected chi connectivity index (χ3v) is 22.6. The van der Waals surface area contributed by atoms with Gasteiger partial charge in [0.25, 0.3) is 0 Å². The van der Waals surface area contributed by atoms with Crippen LogP contribution in [-0.2, 0) is 19.3 Å². The summed E-state index contributed by atoms with van der Waals surface area (Å²) in [6.07, 6.45) is 25.9. The second-order valence-corrected chi connectivity index (χ2v) is 31.7. The second kappa shape index (κ2) is 48.1. The molecule has 18 aromatic carbocycles. The molecule has 0 aromatic heterocycles. The van der Waals surface area contributed by atoms with Crippen molar-refractivity contribution in [2.45, 2.75) is 19.3 Å². The minimum atomic E-state index is -0.0643. The number of benzene rings is 18. The largest absolute Gasteiger partial charge is 2.00 e. The first-order valence-electron chi connectivity index (χ1n) is 43.1. The van der Waals surface area contributed by atoms with Crippen molar-refractivity contribution in [2.75, 3.05) is 0 Å². The maximum Gasteiger partial charge on any atom is 2.00 e. The van der Waals surface area contributed by atoms with Crippen LogP contribution in [0.3, 0.4) is 0 Å². The third-order valence-electron chi connectivity index (χ3n) is 22.6. The summed E-state index contributed by atoms with van der Waals surface area (Å²) in [5.74, 6) is -0.386. The van der Waals surface area contributed by atoms with Gasteiger partial charge in [-0.1, -0.05) is 543 Å². The van der Waals surface area contributed by atoms with Crippen LogP contribution in [0.1, 0.15) is 100 Å². The van der Waals surface area contributed by atoms with E-state index in [-0.39, 0.29) is 138 Å². The molecule has 0 saturated carbocycles. The van der Waals surface area contributed by atoms with E-state index in [0.717, 1.165) is 134 Å². The van der Waals surface area contributed by atoms with Crippen LogP contribution in [0.5, 0.6) is 34.5 Å². The minimum Gasteiger partial charge on any atom is -0.872 e. The van der Waals surface area contributed by atoms with Crippen molar-refractivity contribution in [3.63, 3.8) is 0 Å². The van der Waals surface area contributed by atoms with E-state index in [0.29, 0.717) is 33.4 Å². The van der Waals surface area contributed by atoms with Crippen LogP contribution < -0.4 is 30.6 Å². The summed E-state index contributed by atoms with van der Waals surface area (Å²) in [6.45, 7) is 0. The number of hydrogen-bond acceptors (Lipinski definition) is 6. The van der Waals surface area contributed by atoms with E-state index in [2.05, 4.69) is 291 Å². The van der Waals surface area contributed by atoms with Crippen LogP contribution in [0.25, 0.3) is 140 Å². The first kappa shape index (κ1) is 95.6. The zero-order valence-corrected chi connectivity index (χ0v) is 78.2. The maximum atomic E-state index is 12.8. The summed E-state index contributed by atoms with van der Waals surface area (Å²) in [4.78, 5) is 0. The van der Waals surface area contributed by atoms with Gasteiger partial charge in [0.1, 0.15) is 0 Å². The van der Waals surface area contributed by atoms with Crippen LogP contribution in [0.4, 0.5) is 0 Å². The van der Waals surface area contributed by atoms with Crippen molar-refractivity contribution in [2.24, 2.45) is 0 Å². The molecule has 0 spiro atoms. The molecular formula is C123H90CaMg2O6. The van der Waals surface area contributed by atoms with Crippen LogP contribution in [0.2, 0.25) is 0 Å². The summed E-state index contributed by atoms with van der Waals surface area (Å²) in [6, 6.07) is 143. The Bertz CT molecular complexity index is 5870. The monoisotopic (exact) mass is 1750 g/mol. The predicted octanol–water partition coefficient (Wildman–Crippen LogP) is 26.2. The molecule has 0 N–H and O–H groups in total. The first-order chi connectivity index (χ1) is 63.3. The Hall–Kier alpha value is -14.0. The second-order valence-electron chi connectivity index (χ2n) is 31.7. The Balaban J connectivity index is 0.000000166. The zero-order chi connectivity index (χ0) is 88.3. The van der Waals surface area contributed by atoms with E-state index < -0.39 is 0 Å². The standard InChI is InChI=1S/3C41H32O2.Ca.2Mg/c3*42-40-25-23-36(34-19-15-32(16-20-34)13-11-30-7-3-1-4-8-30)27-38(40)29-39-28-37(24-26-41(39)43)35-21-17-33(18-22-35)14-12-31-9-5-2-6-10-31;;;/h3*1-28,42-43H,29H2;;;/q;;;3*+2/p-6/b3*13-11+,14-12+;;;. The summed E-state index contributed by atoms with van der Waals surface area (Å²) < 4.78 is 0. The molecule has 0 aliphatic heterocycles. The number of rotatable bonds is 24. The van der Waals surface area contributed by atoms with Gasteiger partial charge in [0, 0.05) is 0 Å². The van der Waals surface area contributed by atoms with Gasteiger partial charge >= 0.3 is 83.8 Å². The molecule has 624 valence electrons. The summed E-state index contributed by atoms with van der Waals surface area (Å²) >= 11 is 0. The van der Waals surface area contributed by atoms with Gasteiger partial charge in [-0.2, -0.15) is 0 Å². The summed E-state index contributed by atoms with van der Waals surface area (Å²) in [5.41, 5.74) is 29.0. The molecule has 0 radical (unpaired) electrons. The van der Waals surface area contributed by atoms with Gasteiger partial charge in [0.05, 0.1) is 0 Å². The quantitative estimate of drug-likeness (QED) is 0.0436. The van der Waals surface area contributed by atoms with Crippen LogP contribution in [-0.4, -0.2) is 83.8 Å². The summed E-state index contributed by atoms with van der Waals surface area (Å²) in [7, 11) is 0. The predicted molar refractivity (Wildman–Crippen MR) is 546 cm³/mol. The van der Waals surface area contributed by atoms with Crippen molar-refractivity contribution in [3.8, 4) is 101 Å². The van der Waals surface area contributed by atoms with Crippen LogP contribution in [0.15, 0.2) is 437 Å². The topological polar surface area (TPSA) is 138 Å². The molecule has 0 unspecified atom stereocenters. The van der Waals surface area contributed by atoms with Crippen molar-refractivity contribution < 1.29 is 30.6 Å². The van der Waals surface area contributed by atoms with Gasteiger partial charge in [-0.15, -0.1) is 34.5 Å². The zero-order valence-electron chi connectivity index (χ0n) is 73.2. The maximum absolute atomic E-state index is 12.8. The van der Waals surface area contributed by atoms with Gasteiger partial charge in [-0.25, -0.2) is 0 Å². The molecule has 9 heteroatoms. The SMILES string of the molecule is [Ca+2].[Mg+2].[Mg+2].[O-]c1ccc(-c2ccc(/C=C/c3ccccc3)cc2)cc1Cc1cc(-c2ccc(/C=C/c3ccccc3)cc2)ccc1[O-].[O-]c1ccc(-c2ccc(/C=C/c3ccccc3)cc2)cc1Cc1cc(-c2ccc(/C=C/c3ccccc3)cc2)ccc1[O-].[O-]c1ccc(-c2ccc(/C=C/c3ccccc3)cc2)cc1Cc1cc(-c2ccc(/C=C/c3ccccc3)cc2)ccc1[O-]. The molecule has 132 heavy (non-hydrogen) atoms. The average molecular weight is 1750 g/mol. The Labute approximate surface area is 836 Å². The molecule has 0 heterocycles. The van der Waals surface area contributed by atoms with Crippen molar-refractivity contribution in [1.29, 1.82) is 0 Å². The Morgan fingerprint density at radius 1 is 0.129 bits per heavy atom. The molecule has 0 aliphatic rings. The van der Waals surface area contributed by atoms with Crippen molar-refractivity contribution >= 4 is 157 Å². The molecule has 0 amide bonds. The van der Waals surface area contributed by atoms with Crippen LogP contribution >= 0.6 is 0 Å². The molecule has 6 nitrogen and oxygen atoms in total. The molecular weight excluding hydrogens is 1660 g/mol. The third kappa shape index (κ3) is 27.1. The fourth-order valence-electron chi connectivity index (χ4n) is 15.3. The van der Waals surface area contributed by atoms with E-state index in [4.69, 9.17) is 0 Å². The van der Waals surface area contributed by atoms with Gasteiger partial charge in [0.2, 0.25) is 0 Å². The smallest absolute Gasteiger partial charge is 0.872 e. The van der Waals surface area contributed by atoms with Gasteiger partial charge in [-0.3, -0.25) is 0 Å². The average Bonchev–Trinajstić information content (AvgIpc) is 0.816. The molecule has 18 rings (SSSR count).